The van der Waals surface area contributed by atoms with E-state index in [0.29, 0.717) is 11.5 Å². The monoisotopic (exact) mass is 368 g/mol. The van der Waals surface area contributed by atoms with Gasteiger partial charge in [0, 0.05) is 6.04 Å². The summed E-state index contributed by atoms with van der Waals surface area (Å²) in [5.41, 5.74) is 0.363. The first-order valence-corrected chi connectivity index (χ1v) is 9.29. The van der Waals surface area contributed by atoms with Gasteiger partial charge in [0.05, 0.1) is 5.56 Å². The van der Waals surface area contributed by atoms with Gasteiger partial charge in [0.15, 0.2) is 6.61 Å². The molecule has 1 saturated carbocycles. The smallest absolute Gasteiger partial charge is 0.338 e. The number of carbonyl (C=O) groups excluding carboxylic acids is 3. The van der Waals surface area contributed by atoms with E-state index in [-0.39, 0.29) is 6.04 Å². The Morgan fingerprint density at radius 1 is 1.04 bits per heavy atom. The fraction of sp³-hybridized carbons (Fsp3) is 0.381. The van der Waals surface area contributed by atoms with Crippen molar-refractivity contribution in [2.75, 3.05) is 6.61 Å². The Balaban J connectivity index is 1.47. The Hall–Kier alpha value is -2.89. The van der Waals surface area contributed by atoms with Crippen LogP contribution >= 0.6 is 0 Å². The van der Waals surface area contributed by atoms with Gasteiger partial charge in [-0.1, -0.05) is 50.1 Å². The van der Waals surface area contributed by atoms with E-state index in [0.717, 1.165) is 30.0 Å². The lowest BCUT2D eigenvalue weighted by atomic mass is 9.86. The molecule has 1 fully saturated rings. The first-order valence-electron chi connectivity index (χ1n) is 9.29. The standard InChI is InChI=1S/C21H24N2O4/c1-14-6-2-5-9-18(14)22-21(26)23-19(24)13-27-20(25)17-11-10-15-7-3-4-8-16(15)12-17/h3-4,7-8,10-12,14,18H,2,5-6,9,13H2,1H3,(H2,22,23,24,26)/t14-,18+/m0/s1. The lowest BCUT2D eigenvalue weighted by Crippen LogP contribution is -2.48. The highest BCUT2D eigenvalue weighted by atomic mass is 16.5. The van der Waals surface area contributed by atoms with Crippen LogP contribution in [0.15, 0.2) is 42.5 Å². The zero-order valence-corrected chi connectivity index (χ0v) is 15.4. The molecule has 3 rings (SSSR count). The maximum atomic E-state index is 12.1. The molecule has 2 N–H and O–H groups in total. The fourth-order valence-electron chi connectivity index (χ4n) is 3.43. The van der Waals surface area contributed by atoms with Crippen molar-refractivity contribution in [3.63, 3.8) is 0 Å². The van der Waals surface area contributed by atoms with Gasteiger partial charge in [-0.05, 0) is 41.7 Å². The summed E-state index contributed by atoms with van der Waals surface area (Å²) < 4.78 is 5.02. The highest BCUT2D eigenvalue weighted by molar-refractivity contribution is 5.98. The van der Waals surface area contributed by atoms with Crippen molar-refractivity contribution in [3.05, 3.63) is 48.0 Å². The number of carbonyl (C=O) groups is 3. The van der Waals surface area contributed by atoms with Gasteiger partial charge in [0.2, 0.25) is 0 Å². The van der Waals surface area contributed by atoms with Gasteiger partial charge in [-0.15, -0.1) is 0 Å². The predicted octanol–water partition coefficient (Wildman–Crippen LogP) is 3.40. The number of amides is 3. The van der Waals surface area contributed by atoms with Gasteiger partial charge >= 0.3 is 12.0 Å². The van der Waals surface area contributed by atoms with E-state index in [1.807, 2.05) is 30.3 Å². The van der Waals surface area contributed by atoms with E-state index in [2.05, 4.69) is 17.6 Å². The summed E-state index contributed by atoms with van der Waals surface area (Å²) in [4.78, 5) is 36.0. The van der Waals surface area contributed by atoms with E-state index >= 15 is 0 Å². The van der Waals surface area contributed by atoms with Crippen LogP contribution in [0.2, 0.25) is 0 Å². The molecule has 0 aromatic heterocycles. The molecular weight excluding hydrogens is 344 g/mol. The van der Waals surface area contributed by atoms with E-state index in [1.54, 1.807) is 12.1 Å². The second-order valence-corrected chi connectivity index (χ2v) is 7.03. The quantitative estimate of drug-likeness (QED) is 0.810. The number of ether oxygens (including phenoxy) is 1. The highest BCUT2D eigenvalue weighted by Gasteiger charge is 2.23. The number of imide groups is 1. The van der Waals surface area contributed by atoms with Crippen molar-refractivity contribution < 1.29 is 19.1 Å². The molecule has 0 unspecified atom stereocenters. The molecule has 27 heavy (non-hydrogen) atoms. The number of esters is 1. The van der Waals surface area contributed by atoms with Crippen LogP contribution in [0, 0.1) is 5.92 Å². The van der Waals surface area contributed by atoms with Gasteiger partial charge in [0.25, 0.3) is 5.91 Å². The predicted molar refractivity (Wildman–Crippen MR) is 102 cm³/mol. The second kappa shape index (κ2) is 8.66. The number of hydrogen-bond acceptors (Lipinski definition) is 4. The molecule has 0 bridgehead atoms. The van der Waals surface area contributed by atoms with Crippen molar-refractivity contribution in [2.45, 2.75) is 38.6 Å². The molecule has 6 nitrogen and oxygen atoms in total. The van der Waals surface area contributed by atoms with Crippen LogP contribution in [0.1, 0.15) is 43.0 Å². The third-order valence-electron chi connectivity index (χ3n) is 5.00. The van der Waals surface area contributed by atoms with Crippen LogP contribution < -0.4 is 10.6 Å². The lowest BCUT2D eigenvalue weighted by molar-refractivity contribution is -0.123. The number of hydrogen-bond donors (Lipinski definition) is 2. The Bertz CT molecular complexity index is 849. The van der Waals surface area contributed by atoms with Gasteiger partial charge < -0.3 is 10.1 Å². The molecule has 0 saturated heterocycles. The first-order chi connectivity index (χ1) is 13.0. The average molecular weight is 368 g/mol. The van der Waals surface area contributed by atoms with E-state index in [1.165, 1.54) is 6.42 Å². The number of benzene rings is 2. The molecule has 3 amide bonds. The normalized spacial score (nSPS) is 19.3. The van der Waals surface area contributed by atoms with Crippen LogP contribution in [0.5, 0.6) is 0 Å². The maximum Gasteiger partial charge on any atom is 0.338 e. The van der Waals surface area contributed by atoms with E-state index in [9.17, 15) is 14.4 Å². The molecular formula is C21H24N2O4. The highest BCUT2D eigenvalue weighted by Crippen LogP contribution is 2.23. The van der Waals surface area contributed by atoms with Crippen molar-refractivity contribution in [1.29, 1.82) is 0 Å². The van der Waals surface area contributed by atoms with Crippen LogP contribution in [0.4, 0.5) is 4.79 Å². The number of nitrogens with one attached hydrogen (secondary N) is 2. The zero-order chi connectivity index (χ0) is 19.2. The lowest BCUT2D eigenvalue weighted by Gasteiger charge is -2.29. The Morgan fingerprint density at radius 3 is 2.56 bits per heavy atom. The zero-order valence-electron chi connectivity index (χ0n) is 15.4. The van der Waals surface area contributed by atoms with Crippen LogP contribution in [-0.4, -0.2) is 30.6 Å². The minimum absolute atomic E-state index is 0.0756. The Morgan fingerprint density at radius 2 is 1.78 bits per heavy atom. The Labute approximate surface area is 158 Å². The van der Waals surface area contributed by atoms with Crippen molar-refractivity contribution >= 4 is 28.7 Å². The molecule has 142 valence electrons. The molecule has 0 radical (unpaired) electrons. The summed E-state index contributed by atoms with van der Waals surface area (Å²) in [7, 11) is 0. The fourth-order valence-corrected chi connectivity index (χ4v) is 3.43. The minimum Gasteiger partial charge on any atom is -0.452 e. The summed E-state index contributed by atoms with van der Waals surface area (Å²) >= 11 is 0. The largest absolute Gasteiger partial charge is 0.452 e. The third kappa shape index (κ3) is 5.06. The van der Waals surface area contributed by atoms with Gasteiger partial charge in [-0.2, -0.15) is 0 Å². The molecule has 1 aliphatic rings. The van der Waals surface area contributed by atoms with Gasteiger partial charge in [-0.25, -0.2) is 9.59 Å². The summed E-state index contributed by atoms with van der Waals surface area (Å²) in [5, 5.41) is 6.97. The molecule has 1 aliphatic carbocycles. The van der Waals surface area contributed by atoms with E-state index < -0.39 is 24.5 Å². The summed E-state index contributed by atoms with van der Waals surface area (Å²) in [6.45, 7) is 1.59. The number of fused-ring (bicyclic) bond motifs is 1. The minimum atomic E-state index is -0.648. The molecule has 0 spiro atoms. The molecule has 6 heteroatoms. The molecule has 2 aromatic carbocycles. The van der Waals surface area contributed by atoms with Crippen molar-refractivity contribution in [1.82, 2.24) is 10.6 Å². The third-order valence-corrected chi connectivity index (χ3v) is 5.00. The van der Waals surface area contributed by atoms with Gasteiger partial charge in [0.1, 0.15) is 0 Å². The molecule has 2 atom stereocenters. The van der Waals surface area contributed by atoms with Crippen molar-refractivity contribution in [2.24, 2.45) is 5.92 Å². The topological polar surface area (TPSA) is 84.5 Å². The first kappa shape index (κ1) is 18.9. The molecule has 0 aliphatic heterocycles. The number of urea groups is 1. The summed E-state index contributed by atoms with van der Waals surface area (Å²) in [5.74, 6) is -0.854. The van der Waals surface area contributed by atoms with Crippen molar-refractivity contribution in [3.8, 4) is 0 Å². The van der Waals surface area contributed by atoms with E-state index in [4.69, 9.17) is 4.74 Å². The maximum absolute atomic E-state index is 12.1. The Kier molecular flexibility index (Phi) is 6.06. The van der Waals surface area contributed by atoms with Gasteiger partial charge in [-0.3, -0.25) is 10.1 Å². The SMILES string of the molecule is C[C@H]1CCCC[C@H]1NC(=O)NC(=O)COC(=O)c1ccc2ccccc2c1. The van der Waals surface area contributed by atoms with Crippen LogP contribution in [-0.2, 0) is 9.53 Å². The molecule has 0 heterocycles. The van der Waals surface area contributed by atoms with Crippen LogP contribution in [0.3, 0.4) is 0 Å². The summed E-state index contributed by atoms with van der Waals surface area (Å²) in [6.07, 6.45) is 4.24. The molecule has 2 aromatic rings. The summed E-state index contributed by atoms with van der Waals surface area (Å²) in [6, 6.07) is 12.4. The second-order valence-electron chi connectivity index (χ2n) is 7.03. The van der Waals surface area contributed by atoms with Crippen LogP contribution in [0.25, 0.3) is 10.8 Å². The number of rotatable bonds is 4. The average Bonchev–Trinajstić information content (AvgIpc) is 2.67.